The minimum atomic E-state index is -3.73. The summed E-state index contributed by atoms with van der Waals surface area (Å²) in [7, 11) is -3.73. The first-order valence-electron chi connectivity index (χ1n) is 8.99. The monoisotopic (exact) mass is 425 g/mol. The number of sulfonamides is 1. The maximum Gasteiger partial charge on any atom is 0.245 e. The van der Waals surface area contributed by atoms with Crippen molar-refractivity contribution in [3.8, 4) is 0 Å². The average Bonchev–Trinajstić information content (AvgIpc) is 3.14. The molecule has 0 bridgehead atoms. The first-order chi connectivity index (χ1) is 13.2. The molecule has 2 heterocycles. The molecule has 11 heteroatoms. The third kappa shape index (κ3) is 4.01. The van der Waals surface area contributed by atoms with E-state index in [1.165, 1.54) is 17.3 Å². The maximum atomic E-state index is 13.1. The van der Waals surface area contributed by atoms with E-state index >= 15 is 0 Å². The van der Waals surface area contributed by atoms with E-state index < -0.39 is 16.1 Å². The van der Waals surface area contributed by atoms with Gasteiger partial charge in [0.25, 0.3) is 0 Å². The van der Waals surface area contributed by atoms with E-state index in [1.807, 2.05) is 13.8 Å². The average molecular weight is 426 g/mol. The third-order valence-electron chi connectivity index (χ3n) is 4.71. The second-order valence-electron chi connectivity index (χ2n) is 7.04. The Hall–Kier alpha value is -2.11. The van der Waals surface area contributed by atoms with Gasteiger partial charge in [-0.05, 0) is 18.1 Å². The van der Waals surface area contributed by atoms with Gasteiger partial charge >= 0.3 is 0 Å². The SMILES string of the molecule is CC(=O)NC(C(=O)N1CCN(S(=O)(=O)c2cccc3nsnc23)CC1)C(C)C. The van der Waals surface area contributed by atoms with Gasteiger partial charge in [0.1, 0.15) is 22.0 Å². The fourth-order valence-corrected chi connectivity index (χ4v) is 5.38. The molecule has 0 aliphatic carbocycles. The molecule has 0 radical (unpaired) electrons. The normalized spacial score (nSPS) is 17.1. The quantitative estimate of drug-likeness (QED) is 0.754. The van der Waals surface area contributed by atoms with Gasteiger partial charge in [0.15, 0.2) is 0 Å². The van der Waals surface area contributed by atoms with Gasteiger partial charge in [0.05, 0.1) is 11.7 Å². The number of nitrogens with one attached hydrogen (secondary N) is 1. The Balaban J connectivity index is 1.73. The number of aromatic nitrogens is 2. The lowest BCUT2D eigenvalue weighted by Crippen LogP contribution is -2.56. The maximum absolute atomic E-state index is 13.1. The Morgan fingerprint density at radius 1 is 1.14 bits per heavy atom. The molecular formula is C17H23N5O4S2. The highest BCUT2D eigenvalue weighted by Crippen LogP contribution is 2.25. The molecule has 1 aliphatic rings. The van der Waals surface area contributed by atoms with Gasteiger partial charge in [-0.3, -0.25) is 9.59 Å². The fourth-order valence-electron chi connectivity index (χ4n) is 3.21. The number of hydrogen-bond donors (Lipinski definition) is 1. The van der Waals surface area contributed by atoms with Crippen LogP contribution < -0.4 is 5.32 Å². The van der Waals surface area contributed by atoms with Crippen LogP contribution in [0, 0.1) is 5.92 Å². The minimum Gasteiger partial charge on any atom is -0.344 e. The highest BCUT2D eigenvalue weighted by molar-refractivity contribution is 7.89. The summed E-state index contributed by atoms with van der Waals surface area (Å²) in [6, 6.07) is 4.29. The zero-order valence-corrected chi connectivity index (χ0v) is 17.6. The summed E-state index contributed by atoms with van der Waals surface area (Å²) in [5, 5.41) is 2.68. The van der Waals surface area contributed by atoms with Crippen LogP contribution >= 0.6 is 11.7 Å². The van der Waals surface area contributed by atoms with Crippen LogP contribution in [0.4, 0.5) is 0 Å². The van der Waals surface area contributed by atoms with E-state index in [0.717, 1.165) is 11.7 Å². The van der Waals surface area contributed by atoms with Gasteiger partial charge in [-0.15, -0.1) is 0 Å². The molecule has 1 N–H and O–H groups in total. The van der Waals surface area contributed by atoms with Crippen molar-refractivity contribution in [1.82, 2.24) is 23.3 Å². The van der Waals surface area contributed by atoms with Gasteiger partial charge in [-0.1, -0.05) is 19.9 Å². The van der Waals surface area contributed by atoms with E-state index in [0.29, 0.717) is 11.0 Å². The third-order valence-corrected chi connectivity index (χ3v) is 7.18. The molecule has 0 spiro atoms. The number of benzene rings is 1. The summed E-state index contributed by atoms with van der Waals surface area (Å²) >= 11 is 0.974. The molecule has 1 aromatic carbocycles. The predicted molar refractivity (Wildman–Crippen MR) is 105 cm³/mol. The molecule has 1 aromatic heterocycles. The van der Waals surface area contributed by atoms with Crippen molar-refractivity contribution in [1.29, 1.82) is 0 Å². The molecule has 28 heavy (non-hydrogen) atoms. The van der Waals surface area contributed by atoms with Crippen molar-refractivity contribution < 1.29 is 18.0 Å². The number of amides is 2. The Morgan fingerprint density at radius 2 is 1.82 bits per heavy atom. The van der Waals surface area contributed by atoms with E-state index in [2.05, 4.69) is 14.1 Å². The summed E-state index contributed by atoms with van der Waals surface area (Å²) in [6.07, 6.45) is 0. The van der Waals surface area contributed by atoms with Crippen LogP contribution in [0.2, 0.25) is 0 Å². The second-order valence-corrected chi connectivity index (χ2v) is 9.47. The van der Waals surface area contributed by atoms with Crippen LogP contribution in [0.3, 0.4) is 0 Å². The molecule has 1 unspecified atom stereocenters. The van der Waals surface area contributed by atoms with E-state index in [-0.39, 0.29) is 48.8 Å². The zero-order valence-electron chi connectivity index (χ0n) is 16.0. The zero-order chi connectivity index (χ0) is 20.5. The van der Waals surface area contributed by atoms with Crippen LogP contribution in [0.5, 0.6) is 0 Å². The van der Waals surface area contributed by atoms with Crippen LogP contribution in [0.1, 0.15) is 20.8 Å². The summed E-state index contributed by atoms with van der Waals surface area (Å²) in [5.74, 6) is -0.515. The lowest BCUT2D eigenvalue weighted by atomic mass is 10.0. The largest absolute Gasteiger partial charge is 0.344 e. The second kappa shape index (κ2) is 8.10. The van der Waals surface area contributed by atoms with Gasteiger partial charge < -0.3 is 10.2 Å². The van der Waals surface area contributed by atoms with Crippen LogP contribution in [0.15, 0.2) is 23.1 Å². The molecule has 152 valence electrons. The van der Waals surface area contributed by atoms with E-state index in [1.54, 1.807) is 17.0 Å². The number of nitrogens with zero attached hydrogens (tertiary/aromatic N) is 4. The van der Waals surface area contributed by atoms with Crippen molar-refractivity contribution in [2.24, 2.45) is 5.92 Å². The number of rotatable bonds is 5. The van der Waals surface area contributed by atoms with Crippen LogP contribution in [-0.4, -0.2) is 70.4 Å². The molecule has 1 fully saturated rings. The van der Waals surface area contributed by atoms with Crippen molar-refractivity contribution >= 4 is 44.6 Å². The van der Waals surface area contributed by atoms with Crippen molar-refractivity contribution in [2.75, 3.05) is 26.2 Å². The van der Waals surface area contributed by atoms with Crippen molar-refractivity contribution in [2.45, 2.75) is 31.7 Å². The Bertz CT molecular complexity index is 980. The fraction of sp³-hybridized carbons (Fsp3) is 0.529. The van der Waals surface area contributed by atoms with Crippen LogP contribution in [-0.2, 0) is 19.6 Å². The minimum absolute atomic E-state index is 0.0621. The number of fused-ring (bicyclic) bond motifs is 1. The molecule has 1 aliphatic heterocycles. The number of carbonyl (C=O) groups is 2. The molecule has 9 nitrogen and oxygen atoms in total. The number of piperazine rings is 1. The lowest BCUT2D eigenvalue weighted by molar-refractivity contribution is -0.138. The molecule has 2 amide bonds. The van der Waals surface area contributed by atoms with Gasteiger partial charge in [-0.2, -0.15) is 13.1 Å². The molecular weight excluding hydrogens is 402 g/mol. The molecule has 3 rings (SSSR count). The summed E-state index contributed by atoms with van der Waals surface area (Å²) < 4.78 is 35.7. The van der Waals surface area contributed by atoms with Gasteiger partial charge in [-0.25, -0.2) is 8.42 Å². The smallest absolute Gasteiger partial charge is 0.245 e. The molecule has 2 aromatic rings. The first-order valence-corrected chi connectivity index (χ1v) is 11.2. The van der Waals surface area contributed by atoms with Gasteiger partial charge in [0, 0.05) is 33.1 Å². The number of hydrogen-bond acceptors (Lipinski definition) is 7. The Labute approximate surface area is 168 Å². The standard InChI is InChI=1S/C17H23N5O4S2/c1-11(2)15(18-12(3)23)17(24)21-7-9-22(10-8-21)28(25,26)14-6-4-5-13-16(14)20-27-19-13/h4-6,11,15H,7-10H2,1-3H3,(H,18,23). The summed E-state index contributed by atoms with van der Waals surface area (Å²) in [4.78, 5) is 25.9. The summed E-state index contributed by atoms with van der Waals surface area (Å²) in [5.41, 5.74) is 0.923. The molecule has 0 saturated carbocycles. The Morgan fingerprint density at radius 3 is 2.43 bits per heavy atom. The van der Waals surface area contributed by atoms with Crippen molar-refractivity contribution in [3.05, 3.63) is 18.2 Å². The molecule has 1 atom stereocenters. The van der Waals surface area contributed by atoms with Crippen molar-refractivity contribution in [3.63, 3.8) is 0 Å². The molecule has 1 saturated heterocycles. The lowest BCUT2D eigenvalue weighted by Gasteiger charge is -2.36. The Kier molecular flexibility index (Phi) is 5.96. The topological polar surface area (TPSA) is 113 Å². The van der Waals surface area contributed by atoms with E-state index in [4.69, 9.17) is 0 Å². The highest BCUT2D eigenvalue weighted by Gasteiger charge is 2.34. The van der Waals surface area contributed by atoms with Gasteiger partial charge in [0.2, 0.25) is 21.8 Å². The first kappa shape index (κ1) is 20.6. The summed E-state index contributed by atoms with van der Waals surface area (Å²) in [6.45, 7) is 6.02. The number of carbonyl (C=O) groups excluding carboxylic acids is 2. The van der Waals surface area contributed by atoms with Crippen LogP contribution in [0.25, 0.3) is 11.0 Å². The highest BCUT2D eigenvalue weighted by atomic mass is 32.2. The predicted octanol–water partition coefficient (Wildman–Crippen LogP) is 0.685. The van der Waals surface area contributed by atoms with E-state index in [9.17, 15) is 18.0 Å².